The molecule has 2 aliphatic heterocycles. The first-order valence-electron chi connectivity index (χ1n) is 14.8. The largest absolute Gasteiger partial charge is 0.508 e. The summed E-state index contributed by atoms with van der Waals surface area (Å²) in [6, 6.07) is 10.1. The van der Waals surface area contributed by atoms with E-state index in [-0.39, 0.29) is 47.7 Å². The number of allylic oxidation sites excluding steroid dienone is 2. The van der Waals surface area contributed by atoms with Gasteiger partial charge in [0.25, 0.3) is 0 Å². The van der Waals surface area contributed by atoms with Gasteiger partial charge in [-0.2, -0.15) is 0 Å². The number of fused-ring (bicyclic) bond motifs is 4. The summed E-state index contributed by atoms with van der Waals surface area (Å²) in [6.07, 6.45) is 3.97. The molecule has 0 aromatic heterocycles. The summed E-state index contributed by atoms with van der Waals surface area (Å²) in [7, 11) is 0. The van der Waals surface area contributed by atoms with Gasteiger partial charge in [0.15, 0.2) is 0 Å². The number of nitrogens with zero attached hydrogens (tertiary/aromatic N) is 2. The van der Waals surface area contributed by atoms with Gasteiger partial charge >= 0.3 is 5.97 Å². The molecular formula is C33H32ClFN2O7. The van der Waals surface area contributed by atoms with Gasteiger partial charge in [-0.15, -0.1) is 0 Å². The lowest BCUT2D eigenvalue weighted by atomic mass is 9.51. The maximum atomic E-state index is 14.3. The van der Waals surface area contributed by atoms with E-state index >= 15 is 0 Å². The van der Waals surface area contributed by atoms with Crippen molar-refractivity contribution in [3.05, 3.63) is 70.5 Å². The monoisotopic (exact) mass is 622 g/mol. The predicted octanol–water partition coefficient (Wildman–Crippen LogP) is 5.06. The molecule has 6 atom stereocenters. The Hall–Kier alpha value is -4.05. The van der Waals surface area contributed by atoms with E-state index in [2.05, 4.69) is 0 Å². The number of anilines is 1. The van der Waals surface area contributed by atoms with Gasteiger partial charge in [-0.05, 0) is 74.4 Å². The number of hydrogen-bond donors (Lipinski definition) is 2. The molecule has 11 heteroatoms. The van der Waals surface area contributed by atoms with Gasteiger partial charge in [0, 0.05) is 18.9 Å². The van der Waals surface area contributed by atoms with Crippen LogP contribution < -0.4 is 4.90 Å². The molecule has 1 saturated carbocycles. The van der Waals surface area contributed by atoms with Crippen molar-refractivity contribution in [1.29, 1.82) is 0 Å². The Balaban J connectivity index is 1.37. The zero-order valence-corrected chi connectivity index (χ0v) is 24.8. The average molecular weight is 623 g/mol. The van der Waals surface area contributed by atoms with E-state index in [4.69, 9.17) is 16.7 Å². The van der Waals surface area contributed by atoms with Crippen LogP contribution in [0.4, 0.5) is 10.1 Å². The zero-order valence-electron chi connectivity index (χ0n) is 24.0. The molecule has 0 radical (unpaired) electrons. The van der Waals surface area contributed by atoms with Crippen LogP contribution in [-0.4, -0.2) is 51.3 Å². The van der Waals surface area contributed by atoms with E-state index < -0.39 is 58.6 Å². The number of imide groups is 2. The highest BCUT2D eigenvalue weighted by Crippen LogP contribution is 2.63. The smallest absolute Gasteiger partial charge is 0.303 e. The Morgan fingerprint density at radius 3 is 2.41 bits per heavy atom. The minimum atomic E-state index is -1.26. The average Bonchev–Trinajstić information content (AvgIpc) is 3.34. The van der Waals surface area contributed by atoms with Crippen LogP contribution in [0.15, 0.2) is 54.1 Å². The molecule has 2 aromatic carbocycles. The van der Waals surface area contributed by atoms with Gasteiger partial charge in [-0.3, -0.25) is 28.9 Å². The van der Waals surface area contributed by atoms with Gasteiger partial charge in [0.1, 0.15) is 11.6 Å². The maximum Gasteiger partial charge on any atom is 0.303 e. The van der Waals surface area contributed by atoms with Crippen LogP contribution in [0.2, 0.25) is 5.02 Å². The molecule has 4 aliphatic rings. The molecule has 2 aliphatic carbocycles. The summed E-state index contributed by atoms with van der Waals surface area (Å²) in [4.78, 5) is 69.0. The zero-order chi connectivity index (χ0) is 31.5. The Morgan fingerprint density at radius 1 is 1.00 bits per heavy atom. The van der Waals surface area contributed by atoms with Gasteiger partial charge in [0.2, 0.25) is 23.6 Å². The number of carboxylic acids is 1. The number of amides is 4. The van der Waals surface area contributed by atoms with Gasteiger partial charge < -0.3 is 10.2 Å². The molecule has 0 spiro atoms. The number of aliphatic carboxylic acids is 1. The van der Waals surface area contributed by atoms with E-state index in [1.54, 1.807) is 19.1 Å². The first-order valence-corrected chi connectivity index (χ1v) is 15.2. The summed E-state index contributed by atoms with van der Waals surface area (Å²) < 4.78 is 14.0. The summed E-state index contributed by atoms with van der Waals surface area (Å²) in [5, 5.41) is 18.7. The van der Waals surface area contributed by atoms with Crippen LogP contribution in [0.25, 0.3) is 0 Å². The first-order chi connectivity index (χ1) is 20.9. The number of aromatic hydroxyl groups is 1. The number of carboxylic acid groups (broad SMARTS) is 1. The van der Waals surface area contributed by atoms with Crippen molar-refractivity contribution in [2.75, 3.05) is 11.4 Å². The van der Waals surface area contributed by atoms with Crippen LogP contribution in [0.1, 0.15) is 56.9 Å². The van der Waals surface area contributed by atoms with Crippen molar-refractivity contribution >= 4 is 46.9 Å². The van der Waals surface area contributed by atoms with Crippen molar-refractivity contribution in [1.82, 2.24) is 4.90 Å². The highest BCUT2D eigenvalue weighted by atomic mass is 35.5. The molecule has 2 N–H and O–H groups in total. The minimum Gasteiger partial charge on any atom is -0.508 e. The second-order valence-electron chi connectivity index (χ2n) is 12.4. The molecule has 6 rings (SSSR count). The van der Waals surface area contributed by atoms with Crippen LogP contribution in [-0.2, 0) is 24.0 Å². The number of benzene rings is 2. The molecule has 4 amide bonds. The Labute approximate surface area is 258 Å². The number of phenols is 1. The SMILES string of the molecule is C[C@@]12C(=O)N(c3ccc(F)c(Cl)c3)C(=O)[C@@H]1C[C@@H]1C(=CC[C@@H]3C(=O)N(CCCCCC(=O)O)C(=O)[C@@H]31)[C@@H]2c1ccc(O)cc1. The number of likely N-dealkylation sites (tertiary alicyclic amines) is 1. The Morgan fingerprint density at radius 2 is 1.73 bits per heavy atom. The minimum absolute atomic E-state index is 0.0230. The standard InChI is InChI=1S/C33H32ClFN2O7/c1-33-23(30(42)37(32(33)44)18-8-13-25(35)24(34)15-18)16-22-20(28(33)17-6-9-19(38)10-7-17)11-12-21-27(22)31(43)36(29(21)41)14-4-2-3-5-26(39)40/h6-11,13,15,21-23,27-28,38H,2-5,12,14,16H2,1H3,(H,39,40)/t21-,22+,23-,27-,28-,33+/m0/s1. The predicted molar refractivity (Wildman–Crippen MR) is 157 cm³/mol. The van der Waals surface area contributed by atoms with E-state index in [1.807, 2.05) is 6.08 Å². The first kappa shape index (κ1) is 30.0. The normalized spacial score (nSPS) is 29.4. The third-order valence-corrected chi connectivity index (χ3v) is 10.3. The second kappa shape index (κ2) is 11.1. The van der Waals surface area contributed by atoms with Crippen molar-refractivity contribution in [3.8, 4) is 5.75 Å². The molecule has 2 aromatic rings. The van der Waals surface area contributed by atoms with Crippen LogP contribution >= 0.6 is 11.6 Å². The number of phenolic OH excluding ortho intramolecular Hbond substituents is 1. The fourth-order valence-corrected chi connectivity index (χ4v) is 8.12. The lowest BCUT2D eigenvalue weighted by molar-refractivity contribution is -0.141. The summed E-state index contributed by atoms with van der Waals surface area (Å²) in [5.74, 6) is -6.27. The van der Waals surface area contributed by atoms with E-state index in [1.165, 1.54) is 29.2 Å². The highest BCUT2D eigenvalue weighted by molar-refractivity contribution is 6.31. The topological polar surface area (TPSA) is 132 Å². The third kappa shape index (κ3) is 4.62. The molecule has 2 heterocycles. The van der Waals surface area contributed by atoms with Gasteiger partial charge in [-0.25, -0.2) is 9.29 Å². The fraction of sp³-hybridized carbons (Fsp3) is 0.424. The fourth-order valence-electron chi connectivity index (χ4n) is 7.94. The van der Waals surface area contributed by atoms with Crippen LogP contribution in [0.3, 0.4) is 0 Å². The molecule has 44 heavy (non-hydrogen) atoms. The number of carbonyl (C=O) groups excluding carboxylic acids is 4. The van der Waals surface area contributed by atoms with Gasteiger partial charge in [-0.1, -0.05) is 41.8 Å². The Bertz CT molecular complexity index is 1610. The number of halogens is 2. The summed E-state index contributed by atoms with van der Waals surface area (Å²) in [6.45, 7) is 1.94. The summed E-state index contributed by atoms with van der Waals surface area (Å²) in [5.41, 5.74) is 0.402. The van der Waals surface area contributed by atoms with Crippen LogP contribution in [0.5, 0.6) is 5.75 Å². The van der Waals surface area contributed by atoms with Gasteiger partial charge in [0.05, 0.1) is 33.9 Å². The lowest BCUT2D eigenvalue weighted by Gasteiger charge is -2.49. The van der Waals surface area contributed by atoms with E-state index in [0.29, 0.717) is 31.2 Å². The molecule has 9 nitrogen and oxygen atoms in total. The van der Waals surface area contributed by atoms with Crippen LogP contribution in [0, 0.1) is 34.9 Å². The summed E-state index contributed by atoms with van der Waals surface area (Å²) >= 11 is 6.03. The maximum absolute atomic E-state index is 14.3. The molecule has 0 bridgehead atoms. The number of carbonyl (C=O) groups is 5. The van der Waals surface area contributed by atoms with E-state index in [0.717, 1.165) is 16.5 Å². The van der Waals surface area contributed by atoms with Crippen molar-refractivity contribution in [3.63, 3.8) is 0 Å². The number of hydrogen-bond acceptors (Lipinski definition) is 6. The second-order valence-corrected chi connectivity index (χ2v) is 12.8. The lowest BCUT2D eigenvalue weighted by Crippen LogP contribution is -2.48. The molecule has 0 unspecified atom stereocenters. The van der Waals surface area contributed by atoms with E-state index in [9.17, 15) is 33.5 Å². The number of rotatable bonds is 8. The molecular weight excluding hydrogens is 591 g/mol. The van der Waals surface area contributed by atoms with Crippen molar-refractivity contribution < 1.29 is 38.6 Å². The highest BCUT2D eigenvalue weighted by Gasteiger charge is 2.67. The quantitative estimate of drug-likeness (QED) is 0.239. The molecule has 3 fully saturated rings. The molecule has 2 saturated heterocycles. The Kier molecular flexibility index (Phi) is 7.60. The number of unbranched alkanes of at least 4 members (excludes halogenated alkanes) is 2. The third-order valence-electron chi connectivity index (χ3n) is 10.0. The van der Waals surface area contributed by atoms with Crippen molar-refractivity contribution in [2.45, 2.75) is 51.4 Å². The molecule has 230 valence electrons. The van der Waals surface area contributed by atoms with Crippen molar-refractivity contribution in [2.24, 2.45) is 29.1 Å².